The molecular formula is C13H19N3O3. The molecule has 6 heteroatoms. The first kappa shape index (κ1) is 15.1. The smallest absolute Gasteiger partial charge is 0.305 e. The Balaban J connectivity index is 2.87. The number of hydrogen-bond acceptors (Lipinski definition) is 4. The first-order chi connectivity index (χ1) is 8.92. The van der Waals surface area contributed by atoms with E-state index in [1.165, 1.54) is 12.4 Å². The summed E-state index contributed by atoms with van der Waals surface area (Å²) in [5, 5.41) is 11.7. The molecule has 0 fully saturated rings. The number of nitrogens with zero attached hydrogens (tertiary/aromatic N) is 2. The summed E-state index contributed by atoms with van der Waals surface area (Å²) in [5.74, 6) is -1.32. The number of carboxylic acids is 1. The summed E-state index contributed by atoms with van der Waals surface area (Å²) in [5.41, 5.74) is 0.178. The van der Waals surface area contributed by atoms with E-state index in [9.17, 15) is 9.59 Å². The van der Waals surface area contributed by atoms with Crippen LogP contribution in [0.4, 0.5) is 0 Å². The Morgan fingerprint density at radius 2 is 1.89 bits per heavy atom. The molecule has 0 saturated heterocycles. The lowest BCUT2D eigenvalue weighted by Crippen LogP contribution is -2.49. The SMILES string of the molecule is CCC(CC)(CC(=O)O)NC(=O)c1cnc(C)cn1. The Morgan fingerprint density at radius 3 is 2.32 bits per heavy atom. The van der Waals surface area contributed by atoms with Gasteiger partial charge in [0.15, 0.2) is 0 Å². The summed E-state index contributed by atoms with van der Waals surface area (Å²) in [6, 6.07) is 0. The highest BCUT2D eigenvalue weighted by Crippen LogP contribution is 2.20. The standard InChI is InChI=1S/C13H19N3O3/c1-4-13(5-2,6-11(17)18)16-12(19)10-8-14-9(3)7-15-10/h7-8H,4-6H2,1-3H3,(H,16,19)(H,17,18). The van der Waals surface area contributed by atoms with Gasteiger partial charge >= 0.3 is 5.97 Å². The van der Waals surface area contributed by atoms with Crippen molar-refractivity contribution >= 4 is 11.9 Å². The van der Waals surface area contributed by atoms with E-state index in [4.69, 9.17) is 5.11 Å². The molecule has 0 atom stereocenters. The third kappa shape index (κ3) is 4.01. The molecule has 1 rings (SSSR count). The van der Waals surface area contributed by atoms with Crippen LogP contribution in [0.25, 0.3) is 0 Å². The zero-order chi connectivity index (χ0) is 14.5. The van der Waals surface area contributed by atoms with E-state index in [0.29, 0.717) is 12.8 Å². The lowest BCUT2D eigenvalue weighted by molar-refractivity contribution is -0.138. The summed E-state index contributed by atoms with van der Waals surface area (Å²) in [4.78, 5) is 31.0. The topological polar surface area (TPSA) is 92.2 Å². The Labute approximate surface area is 112 Å². The van der Waals surface area contributed by atoms with E-state index in [-0.39, 0.29) is 12.1 Å². The Kier molecular flexibility index (Phi) is 4.97. The van der Waals surface area contributed by atoms with Crippen LogP contribution in [0.1, 0.15) is 49.3 Å². The van der Waals surface area contributed by atoms with Crippen molar-refractivity contribution in [2.24, 2.45) is 0 Å². The molecule has 1 aromatic heterocycles. The maximum Gasteiger partial charge on any atom is 0.305 e. The highest BCUT2D eigenvalue weighted by molar-refractivity contribution is 5.92. The van der Waals surface area contributed by atoms with Gasteiger partial charge in [-0.3, -0.25) is 14.6 Å². The molecule has 0 radical (unpaired) electrons. The summed E-state index contributed by atoms with van der Waals surface area (Å²) in [6.45, 7) is 5.49. The number of carbonyl (C=O) groups is 2. The van der Waals surface area contributed by atoms with Crippen molar-refractivity contribution in [2.45, 2.75) is 45.6 Å². The molecule has 0 aliphatic heterocycles. The third-order valence-corrected chi connectivity index (χ3v) is 3.24. The fourth-order valence-electron chi connectivity index (χ4n) is 1.83. The molecule has 1 amide bonds. The third-order valence-electron chi connectivity index (χ3n) is 3.24. The quantitative estimate of drug-likeness (QED) is 0.814. The first-order valence-corrected chi connectivity index (χ1v) is 6.25. The number of rotatable bonds is 6. The van der Waals surface area contributed by atoms with E-state index in [2.05, 4.69) is 15.3 Å². The van der Waals surface area contributed by atoms with E-state index in [1.54, 1.807) is 6.92 Å². The minimum Gasteiger partial charge on any atom is -0.481 e. The van der Waals surface area contributed by atoms with Gasteiger partial charge in [-0.1, -0.05) is 13.8 Å². The molecule has 0 aliphatic rings. The fourth-order valence-corrected chi connectivity index (χ4v) is 1.83. The second-order valence-electron chi connectivity index (χ2n) is 4.56. The van der Waals surface area contributed by atoms with Crippen molar-refractivity contribution in [1.82, 2.24) is 15.3 Å². The van der Waals surface area contributed by atoms with Gasteiger partial charge in [0.05, 0.1) is 23.9 Å². The minimum absolute atomic E-state index is 0.106. The van der Waals surface area contributed by atoms with Crippen molar-refractivity contribution < 1.29 is 14.7 Å². The van der Waals surface area contributed by atoms with Crippen LogP contribution in [-0.4, -0.2) is 32.5 Å². The van der Waals surface area contributed by atoms with Crippen LogP contribution in [0, 0.1) is 6.92 Å². The van der Waals surface area contributed by atoms with Crippen LogP contribution in [0.5, 0.6) is 0 Å². The van der Waals surface area contributed by atoms with Crippen LogP contribution in [0.3, 0.4) is 0 Å². The van der Waals surface area contributed by atoms with Crippen LogP contribution in [0.2, 0.25) is 0 Å². The Bertz CT molecular complexity index is 453. The number of nitrogens with one attached hydrogen (secondary N) is 1. The first-order valence-electron chi connectivity index (χ1n) is 6.25. The Morgan fingerprint density at radius 1 is 1.26 bits per heavy atom. The zero-order valence-corrected chi connectivity index (χ0v) is 11.4. The van der Waals surface area contributed by atoms with Gasteiger partial charge in [0.1, 0.15) is 5.69 Å². The molecule has 1 aromatic rings. The number of amides is 1. The molecule has 0 bridgehead atoms. The molecule has 0 saturated carbocycles. The maximum atomic E-state index is 12.1. The van der Waals surface area contributed by atoms with Crippen molar-refractivity contribution in [3.63, 3.8) is 0 Å². The van der Waals surface area contributed by atoms with Crippen molar-refractivity contribution in [3.8, 4) is 0 Å². The number of aromatic nitrogens is 2. The summed E-state index contributed by atoms with van der Waals surface area (Å²) >= 11 is 0. The van der Waals surface area contributed by atoms with Gasteiger partial charge in [-0.2, -0.15) is 0 Å². The number of aryl methyl sites for hydroxylation is 1. The van der Waals surface area contributed by atoms with Crippen molar-refractivity contribution in [1.29, 1.82) is 0 Å². The van der Waals surface area contributed by atoms with Gasteiger partial charge in [-0.25, -0.2) is 4.98 Å². The monoisotopic (exact) mass is 265 g/mol. The van der Waals surface area contributed by atoms with Gasteiger partial charge in [-0.15, -0.1) is 0 Å². The molecule has 1 heterocycles. The molecular weight excluding hydrogens is 246 g/mol. The van der Waals surface area contributed by atoms with Gasteiger partial charge in [0.25, 0.3) is 5.91 Å². The van der Waals surface area contributed by atoms with Gasteiger partial charge in [0, 0.05) is 6.20 Å². The van der Waals surface area contributed by atoms with Crippen LogP contribution in [0.15, 0.2) is 12.4 Å². The second-order valence-corrected chi connectivity index (χ2v) is 4.56. The molecule has 104 valence electrons. The van der Waals surface area contributed by atoms with Crippen molar-refractivity contribution in [3.05, 3.63) is 23.8 Å². The summed E-state index contributed by atoms with van der Waals surface area (Å²) < 4.78 is 0. The molecule has 0 spiro atoms. The summed E-state index contributed by atoms with van der Waals surface area (Å²) in [6.07, 6.45) is 3.87. The van der Waals surface area contributed by atoms with Crippen LogP contribution in [-0.2, 0) is 4.79 Å². The van der Waals surface area contributed by atoms with Gasteiger partial charge in [0.2, 0.25) is 0 Å². The average molecular weight is 265 g/mol. The molecule has 6 nitrogen and oxygen atoms in total. The normalized spacial score (nSPS) is 11.1. The number of carboxylic acid groups (broad SMARTS) is 1. The molecule has 0 aliphatic carbocycles. The molecule has 2 N–H and O–H groups in total. The number of hydrogen-bond donors (Lipinski definition) is 2. The summed E-state index contributed by atoms with van der Waals surface area (Å²) in [7, 11) is 0. The minimum atomic E-state index is -0.931. The number of carbonyl (C=O) groups excluding carboxylic acids is 1. The molecule has 0 unspecified atom stereocenters. The highest BCUT2D eigenvalue weighted by atomic mass is 16.4. The van der Waals surface area contributed by atoms with E-state index in [1.807, 2.05) is 13.8 Å². The van der Waals surface area contributed by atoms with Crippen molar-refractivity contribution in [2.75, 3.05) is 0 Å². The van der Waals surface area contributed by atoms with Gasteiger partial charge in [-0.05, 0) is 19.8 Å². The van der Waals surface area contributed by atoms with E-state index in [0.717, 1.165) is 5.69 Å². The average Bonchev–Trinajstić information content (AvgIpc) is 2.38. The van der Waals surface area contributed by atoms with Crippen LogP contribution < -0.4 is 5.32 Å². The maximum absolute atomic E-state index is 12.1. The number of aliphatic carboxylic acids is 1. The predicted molar refractivity (Wildman–Crippen MR) is 69.8 cm³/mol. The largest absolute Gasteiger partial charge is 0.481 e. The fraction of sp³-hybridized carbons (Fsp3) is 0.538. The van der Waals surface area contributed by atoms with Gasteiger partial charge < -0.3 is 10.4 Å². The zero-order valence-electron chi connectivity index (χ0n) is 11.4. The van der Waals surface area contributed by atoms with Crippen LogP contribution >= 0.6 is 0 Å². The predicted octanol–water partition coefficient (Wildman–Crippen LogP) is 1.55. The Hall–Kier alpha value is -1.98. The molecule has 19 heavy (non-hydrogen) atoms. The lowest BCUT2D eigenvalue weighted by atomic mass is 9.89. The highest BCUT2D eigenvalue weighted by Gasteiger charge is 2.31. The second kappa shape index (κ2) is 6.26. The molecule has 0 aromatic carbocycles. The lowest BCUT2D eigenvalue weighted by Gasteiger charge is -2.31. The van der Waals surface area contributed by atoms with E-state index < -0.39 is 17.4 Å². The van der Waals surface area contributed by atoms with E-state index >= 15 is 0 Å².